The van der Waals surface area contributed by atoms with E-state index >= 15 is 0 Å². The minimum atomic E-state index is -0.0799. The van der Waals surface area contributed by atoms with Crippen molar-refractivity contribution >= 4 is 17.3 Å². The topological polar surface area (TPSA) is 55.1 Å². The number of hydrogen-bond donors (Lipinski definition) is 2. The molecule has 0 fully saturated rings. The first kappa shape index (κ1) is 8.59. The molecule has 12 heavy (non-hydrogen) atoms. The van der Waals surface area contributed by atoms with Crippen LogP contribution < -0.4 is 11.1 Å². The molecule has 0 unspecified atom stereocenters. The van der Waals surface area contributed by atoms with Crippen LogP contribution in [0.4, 0.5) is 11.4 Å². The maximum absolute atomic E-state index is 10.7. The van der Waals surface area contributed by atoms with Gasteiger partial charge >= 0.3 is 0 Å². The van der Waals surface area contributed by atoms with Crippen molar-refractivity contribution in [3.8, 4) is 0 Å². The standard InChI is InChI=1S/C9H12N2O/c1-6-8(10)4-3-5-9(6)11-7(2)12/h3-5H,10H2,1-2H3,(H,11,12). The summed E-state index contributed by atoms with van der Waals surface area (Å²) in [5.41, 5.74) is 8.03. The largest absolute Gasteiger partial charge is 0.398 e. The fourth-order valence-electron chi connectivity index (χ4n) is 0.979. The Morgan fingerprint density at radius 2 is 2.17 bits per heavy atom. The molecule has 1 rings (SSSR count). The second-order valence-corrected chi connectivity index (χ2v) is 2.70. The van der Waals surface area contributed by atoms with Crippen molar-refractivity contribution in [1.29, 1.82) is 0 Å². The van der Waals surface area contributed by atoms with Gasteiger partial charge in [-0.1, -0.05) is 6.07 Å². The zero-order valence-corrected chi connectivity index (χ0v) is 7.22. The van der Waals surface area contributed by atoms with Crippen molar-refractivity contribution in [2.24, 2.45) is 0 Å². The third-order valence-corrected chi connectivity index (χ3v) is 1.69. The molecule has 3 N–H and O–H groups in total. The fourth-order valence-corrected chi connectivity index (χ4v) is 0.979. The van der Waals surface area contributed by atoms with E-state index in [9.17, 15) is 4.79 Å². The summed E-state index contributed by atoms with van der Waals surface area (Å²) in [6.07, 6.45) is 0. The Kier molecular flexibility index (Phi) is 2.33. The van der Waals surface area contributed by atoms with Crippen molar-refractivity contribution in [3.63, 3.8) is 0 Å². The third kappa shape index (κ3) is 1.75. The van der Waals surface area contributed by atoms with Gasteiger partial charge in [-0.3, -0.25) is 4.79 Å². The summed E-state index contributed by atoms with van der Waals surface area (Å²) in [6, 6.07) is 5.45. The molecule has 0 saturated carbocycles. The normalized spacial score (nSPS) is 9.50. The quantitative estimate of drug-likeness (QED) is 0.618. The molecule has 3 heteroatoms. The molecule has 0 saturated heterocycles. The van der Waals surface area contributed by atoms with Crippen LogP contribution in [0.3, 0.4) is 0 Å². The van der Waals surface area contributed by atoms with Gasteiger partial charge in [0.1, 0.15) is 0 Å². The minimum Gasteiger partial charge on any atom is -0.398 e. The average molecular weight is 164 g/mol. The van der Waals surface area contributed by atoms with Gasteiger partial charge in [0.15, 0.2) is 0 Å². The maximum Gasteiger partial charge on any atom is 0.221 e. The van der Waals surface area contributed by atoms with Crippen molar-refractivity contribution in [2.75, 3.05) is 11.1 Å². The third-order valence-electron chi connectivity index (χ3n) is 1.69. The predicted molar refractivity (Wildman–Crippen MR) is 49.9 cm³/mol. The molecule has 0 atom stereocenters. The van der Waals surface area contributed by atoms with Gasteiger partial charge in [-0.25, -0.2) is 0 Å². The molecule has 0 aliphatic heterocycles. The molecule has 64 valence electrons. The van der Waals surface area contributed by atoms with Crippen LogP contribution in [0.15, 0.2) is 18.2 Å². The number of anilines is 2. The van der Waals surface area contributed by atoms with Crippen LogP contribution in [-0.2, 0) is 4.79 Å². The summed E-state index contributed by atoms with van der Waals surface area (Å²) in [5, 5.41) is 2.69. The zero-order valence-electron chi connectivity index (χ0n) is 7.22. The molecule has 0 aliphatic carbocycles. The Morgan fingerprint density at radius 1 is 1.50 bits per heavy atom. The van der Waals surface area contributed by atoms with E-state index in [0.717, 1.165) is 11.3 Å². The number of carbonyl (C=O) groups is 1. The lowest BCUT2D eigenvalue weighted by molar-refractivity contribution is -0.114. The molecule has 0 aliphatic rings. The van der Waals surface area contributed by atoms with Crippen LogP contribution in [-0.4, -0.2) is 5.91 Å². The van der Waals surface area contributed by atoms with E-state index in [2.05, 4.69) is 5.32 Å². The second-order valence-electron chi connectivity index (χ2n) is 2.70. The second kappa shape index (κ2) is 3.26. The lowest BCUT2D eigenvalue weighted by Gasteiger charge is -2.07. The lowest BCUT2D eigenvalue weighted by Crippen LogP contribution is -2.07. The van der Waals surface area contributed by atoms with Gasteiger partial charge in [0, 0.05) is 18.3 Å². The van der Waals surface area contributed by atoms with Crippen molar-refractivity contribution in [2.45, 2.75) is 13.8 Å². The molecular formula is C9H12N2O. The number of carbonyl (C=O) groups excluding carboxylic acids is 1. The first-order valence-corrected chi connectivity index (χ1v) is 3.74. The Hall–Kier alpha value is -1.51. The highest BCUT2D eigenvalue weighted by Crippen LogP contribution is 2.19. The molecular weight excluding hydrogens is 152 g/mol. The van der Waals surface area contributed by atoms with E-state index in [0.29, 0.717) is 5.69 Å². The number of benzene rings is 1. The van der Waals surface area contributed by atoms with Crippen LogP contribution in [0.1, 0.15) is 12.5 Å². The number of rotatable bonds is 1. The SMILES string of the molecule is CC(=O)Nc1cccc(N)c1C. The summed E-state index contributed by atoms with van der Waals surface area (Å²) < 4.78 is 0. The smallest absolute Gasteiger partial charge is 0.221 e. The molecule has 0 aromatic heterocycles. The van der Waals surface area contributed by atoms with E-state index < -0.39 is 0 Å². The zero-order chi connectivity index (χ0) is 9.14. The van der Waals surface area contributed by atoms with Gasteiger partial charge in [-0.05, 0) is 24.6 Å². The van der Waals surface area contributed by atoms with Gasteiger partial charge in [0.25, 0.3) is 0 Å². The summed E-state index contributed by atoms with van der Waals surface area (Å²) in [7, 11) is 0. The monoisotopic (exact) mass is 164 g/mol. The number of nitrogen functional groups attached to an aromatic ring is 1. The Labute approximate surface area is 71.6 Å². The Bertz CT molecular complexity index is 307. The van der Waals surface area contributed by atoms with Gasteiger partial charge in [-0.2, -0.15) is 0 Å². The predicted octanol–water partition coefficient (Wildman–Crippen LogP) is 1.54. The molecule has 1 aromatic carbocycles. The fraction of sp³-hybridized carbons (Fsp3) is 0.222. The van der Waals surface area contributed by atoms with E-state index in [1.54, 1.807) is 6.07 Å². The molecule has 0 heterocycles. The van der Waals surface area contributed by atoms with Gasteiger partial charge < -0.3 is 11.1 Å². The average Bonchev–Trinajstić information content (AvgIpc) is 1.98. The molecule has 0 spiro atoms. The highest BCUT2D eigenvalue weighted by atomic mass is 16.1. The first-order valence-electron chi connectivity index (χ1n) is 3.74. The number of hydrogen-bond acceptors (Lipinski definition) is 2. The van der Waals surface area contributed by atoms with Crippen molar-refractivity contribution < 1.29 is 4.79 Å². The minimum absolute atomic E-state index is 0.0799. The van der Waals surface area contributed by atoms with Gasteiger partial charge in [-0.15, -0.1) is 0 Å². The van der Waals surface area contributed by atoms with E-state index in [1.807, 2.05) is 19.1 Å². The molecule has 1 amide bonds. The van der Waals surface area contributed by atoms with Crippen LogP contribution in [0.2, 0.25) is 0 Å². The van der Waals surface area contributed by atoms with Crippen LogP contribution in [0, 0.1) is 6.92 Å². The lowest BCUT2D eigenvalue weighted by atomic mass is 10.1. The number of nitrogens with one attached hydrogen (secondary N) is 1. The molecule has 0 radical (unpaired) electrons. The van der Waals surface area contributed by atoms with Gasteiger partial charge in [0.2, 0.25) is 5.91 Å². The molecule has 1 aromatic rings. The van der Waals surface area contributed by atoms with E-state index in [-0.39, 0.29) is 5.91 Å². The number of amides is 1. The van der Waals surface area contributed by atoms with Crippen molar-refractivity contribution in [1.82, 2.24) is 0 Å². The van der Waals surface area contributed by atoms with E-state index in [4.69, 9.17) is 5.73 Å². The van der Waals surface area contributed by atoms with Gasteiger partial charge in [0.05, 0.1) is 0 Å². The summed E-state index contributed by atoms with van der Waals surface area (Å²) >= 11 is 0. The summed E-state index contributed by atoms with van der Waals surface area (Å²) in [5.74, 6) is -0.0799. The van der Waals surface area contributed by atoms with Crippen LogP contribution in [0.25, 0.3) is 0 Å². The highest BCUT2D eigenvalue weighted by Gasteiger charge is 2.01. The highest BCUT2D eigenvalue weighted by molar-refractivity contribution is 5.90. The Balaban J connectivity index is 3.00. The van der Waals surface area contributed by atoms with Crippen molar-refractivity contribution in [3.05, 3.63) is 23.8 Å². The van der Waals surface area contributed by atoms with E-state index in [1.165, 1.54) is 6.92 Å². The molecule has 0 bridgehead atoms. The maximum atomic E-state index is 10.7. The summed E-state index contributed by atoms with van der Waals surface area (Å²) in [6.45, 7) is 3.35. The molecule has 3 nitrogen and oxygen atoms in total. The van der Waals surface area contributed by atoms with Crippen LogP contribution >= 0.6 is 0 Å². The van der Waals surface area contributed by atoms with Crippen LogP contribution in [0.5, 0.6) is 0 Å². The Morgan fingerprint density at radius 3 is 2.75 bits per heavy atom. The number of nitrogens with two attached hydrogens (primary N) is 1. The summed E-state index contributed by atoms with van der Waals surface area (Å²) in [4.78, 5) is 10.7. The first-order chi connectivity index (χ1) is 5.61.